The molecule has 1 aromatic heterocycles. The number of rotatable bonds is 7. The van der Waals surface area contributed by atoms with E-state index >= 15 is 0 Å². The van der Waals surface area contributed by atoms with Crippen LogP contribution >= 0.6 is 11.8 Å². The first-order valence-corrected chi connectivity index (χ1v) is 11.6. The van der Waals surface area contributed by atoms with E-state index in [-0.39, 0.29) is 12.1 Å². The highest BCUT2D eigenvalue weighted by atomic mass is 32.2. The Labute approximate surface area is 172 Å². The Hall–Kier alpha value is -1.43. The second-order valence-electron chi connectivity index (χ2n) is 8.62. The molecule has 0 bridgehead atoms. The summed E-state index contributed by atoms with van der Waals surface area (Å²) in [5.74, 6) is 3.64. The minimum absolute atomic E-state index is 0.102. The molecule has 4 nitrogen and oxygen atoms in total. The van der Waals surface area contributed by atoms with E-state index in [1.54, 1.807) is 12.4 Å². The molecule has 2 aromatic rings. The number of thioether (sulfide) groups is 1. The average molecular weight is 398 g/mol. The maximum absolute atomic E-state index is 9.53. The van der Waals surface area contributed by atoms with Gasteiger partial charge in [-0.05, 0) is 78.6 Å². The summed E-state index contributed by atoms with van der Waals surface area (Å²) in [6.45, 7) is 0.102. The van der Waals surface area contributed by atoms with Gasteiger partial charge in [0.15, 0.2) is 0 Å². The zero-order valence-corrected chi connectivity index (χ0v) is 17.3. The first-order valence-electron chi connectivity index (χ1n) is 10.5. The van der Waals surface area contributed by atoms with Gasteiger partial charge in [-0.15, -0.1) is 0 Å². The lowest BCUT2D eigenvalue weighted by molar-refractivity contribution is 0.198. The fourth-order valence-electron chi connectivity index (χ4n) is 4.72. The first-order chi connectivity index (χ1) is 13.6. The van der Waals surface area contributed by atoms with Crippen LogP contribution in [0.5, 0.6) is 0 Å². The molecule has 5 heteroatoms. The predicted octanol–water partition coefficient (Wildman–Crippen LogP) is 3.51. The number of nitrogens with zero attached hydrogens (tertiary/aromatic N) is 2. The molecule has 1 heterocycles. The SMILES string of the molecule is N[C@]1(CO)CC[C@H](c2ccc3c(c2)CCC(CSCCc2cnccn2)C3)C1. The normalized spacial score (nSPS) is 26.9. The van der Waals surface area contributed by atoms with Crippen molar-refractivity contribution in [3.63, 3.8) is 0 Å². The zero-order valence-electron chi connectivity index (χ0n) is 16.5. The van der Waals surface area contributed by atoms with Crippen LogP contribution in [-0.2, 0) is 19.3 Å². The molecule has 3 N–H and O–H groups in total. The molecule has 0 saturated heterocycles. The van der Waals surface area contributed by atoms with Gasteiger partial charge in [0, 0.05) is 30.6 Å². The minimum Gasteiger partial charge on any atom is -0.394 e. The number of aromatic nitrogens is 2. The van der Waals surface area contributed by atoms with Crippen LogP contribution in [0.1, 0.15) is 54.0 Å². The molecule has 28 heavy (non-hydrogen) atoms. The van der Waals surface area contributed by atoms with Crippen LogP contribution in [-0.4, -0.2) is 38.7 Å². The van der Waals surface area contributed by atoms with Crippen molar-refractivity contribution in [1.29, 1.82) is 0 Å². The number of benzene rings is 1. The van der Waals surface area contributed by atoms with E-state index in [0.717, 1.165) is 43.0 Å². The van der Waals surface area contributed by atoms with E-state index in [2.05, 4.69) is 28.2 Å². The van der Waals surface area contributed by atoms with Crippen LogP contribution in [0.25, 0.3) is 0 Å². The van der Waals surface area contributed by atoms with Crippen LogP contribution in [0.4, 0.5) is 0 Å². The van der Waals surface area contributed by atoms with Crippen LogP contribution < -0.4 is 5.73 Å². The molecule has 1 fully saturated rings. The molecule has 2 aliphatic carbocycles. The fourth-order valence-corrected chi connectivity index (χ4v) is 5.86. The second-order valence-corrected chi connectivity index (χ2v) is 9.77. The van der Waals surface area contributed by atoms with Crippen molar-refractivity contribution in [2.75, 3.05) is 18.1 Å². The highest BCUT2D eigenvalue weighted by Gasteiger charge is 2.36. The van der Waals surface area contributed by atoms with Crippen LogP contribution in [0.2, 0.25) is 0 Å². The summed E-state index contributed by atoms with van der Waals surface area (Å²) < 4.78 is 0. The zero-order chi connectivity index (χ0) is 19.4. The van der Waals surface area contributed by atoms with Crippen molar-refractivity contribution in [3.05, 3.63) is 59.2 Å². The van der Waals surface area contributed by atoms with Crippen molar-refractivity contribution in [2.45, 2.75) is 56.4 Å². The van der Waals surface area contributed by atoms with Crippen molar-refractivity contribution < 1.29 is 5.11 Å². The quantitative estimate of drug-likeness (QED) is 0.700. The highest BCUT2D eigenvalue weighted by molar-refractivity contribution is 7.99. The molecule has 0 radical (unpaired) electrons. The predicted molar refractivity (Wildman–Crippen MR) is 116 cm³/mol. The van der Waals surface area contributed by atoms with E-state index in [9.17, 15) is 5.11 Å². The van der Waals surface area contributed by atoms with E-state index in [1.165, 1.54) is 41.7 Å². The number of aliphatic hydroxyl groups is 1. The van der Waals surface area contributed by atoms with Gasteiger partial charge in [-0.25, -0.2) is 0 Å². The third-order valence-electron chi connectivity index (χ3n) is 6.46. The summed E-state index contributed by atoms with van der Waals surface area (Å²) >= 11 is 2.05. The Morgan fingerprint density at radius 3 is 2.93 bits per heavy atom. The van der Waals surface area contributed by atoms with Gasteiger partial charge in [0.25, 0.3) is 0 Å². The Balaban J connectivity index is 1.27. The molecule has 1 aromatic carbocycles. The molecule has 0 amide bonds. The van der Waals surface area contributed by atoms with Crippen LogP contribution in [0.15, 0.2) is 36.8 Å². The average Bonchev–Trinajstić information content (AvgIpc) is 3.14. The van der Waals surface area contributed by atoms with Crippen LogP contribution in [0.3, 0.4) is 0 Å². The van der Waals surface area contributed by atoms with Gasteiger partial charge in [-0.2, -0.15) is 11.8 Å². The molecule has 1 unspecified atom stereocenters. The summed E-state index contributed by atoms with van der Waals surface area (Å²) in [5, 5.41) is 9.53. The van der Waals surface area contributed by atoms with Gasteiger partial charge in [0.1, 0.15) is 0 Å². The van der Waals surface area contributed by atoms with Crippen molar-refractivity contribution in [1.82, 2.24) is 9.97 Å². The summed E-state index contributed by atoms with van der Waals surface area (Å²) in [7, 11) is 0. The maximum Gasteiger partial charge on any atom is 0.0611 e. The molecule has 3 atom stereocenters. The summed E-state index contributed by atoms with van der Waals surface area (Å²) in [6, 6.07) is 7.10. The van der Waals surface area contributed by atoms with E-state index in [4.69, 9.17) is 5.73 Å². The highest BCUT2D eigenvalue weighted by Crippen LogP contribution is 2.40. The Morgan fingerprint density at radius 1 is 1.21 bits per heavy atom. The topological polar surface area (TPSA) is 72.0 Å². The number of aryl methyl sites for hydroxylation is 2. The molecular formula is C23H31N3OS. The summed E-state index contributed by atoms with van der Waals surface area (Å²) in [6.07, 6.45) is 13.0. The monoisotopic (exact) mass is 397 g/mol. The number of hydrogen-bond acceptors (Lipinski definition) is 5. The lowest BCUT2D eigenvalue weighted by atomic mass is 9.82. The third kappa shape index (κ3) is 4.76. The van der Waals surface area contributed by atoms with Crippen LogP contribution in [0, 0.1) is 5.92 Å². The second kappa shape index (κ2) is 8.93. The Kier molecular flexibility index (Phi) is 6.34. The van der Waals surface area contributed by atoms with E-state index in [1.807, 2.05) is 18.0 Å². The van der Waals surface area contributed by atoms with Crippen molar-refractivity contribution in [2.24, 2.45) is 11.7 Å². The van der Waals surface area contributed by atoms with E-state index in [0.29, 0.717) is 5.92 Å². The maximum atomic E-state index is 9.53. The molecule has 0 aliphatic heterocycles. The molecule has 0 spiro atoms. The Bertz CT molecular complexity index is 785. The number of hydrogen-bond donors (Lipinski definition) is 2. The standard InChI is InChI=1S/C23H31N3OS/c24-23(16-27)7-5-21(13-23)20-4-3-18-11-17(1-2-19(18)12-20)15-28-10-6-22-14-25-8-9-26-22/h3-4,8-9,12,14,17,21,27H,1-2,5-7,10-11,13,15-16,24H2/t17?,21-,23+/m0/s1. The largest absolute Gasteiger partial charge is 0.394 e. The van der Waals surface area contributed by atoms with Gasteiger partial charge in [0.2, 0.25) is 0 Å². The van der Waals surface area contributed by atoms with Gasteiger partial charge in [-0.3, -0.25) is 9.97 Å². The fraction of sp³-hybridized carbons (Fsp3) is 0.565. The number of fused-ring (bicyclic) bond motifs is 1. The molecule has 150 valence electrons. The Morgan fingerprint density at radius 2 is 2.14 bits per heavy atom. The van der Waals surface area contributed by atoms with Gasteiger partial charge in [0.05, 0.1) is 12.3 Å². The van der Waals surface area contributed by atoms with Gasteiger partial charge < -0.3 is 10.8 Å². The summed E-state index contributed by atoms with van der Waals surface area (Å²) in [5.41, 5.74) is 11.5. The van der Waals surface area contributed by atoms with Crippen molar-refractivity contribution in [3.8, 4) is 0 Å². The van der Waals surface area contributed by atoms with Crippen molar-refractivity contribution >= 4 is 11.8 Å². The molecule has 4 rings (SSSR count). The third-order valence-corrected chi connectivity index (χ3v) is 7.66. The van der Waals surface area contributed by atoms with Gasteiger partial charge >= 0.3 is 0 Å². The number of nitrogens with two attached hydrogens (primary N) is 1. The molecule has 2 aliphatic rings. The summed E-state index contributed by atoms with van der Waals surface area (Å²) in [4.78, 5) is 8.49. The van der Waals surface area contributed by atoms with E-state index < -0.39 is 0 Å². The molecular weight excluding hydrogens is 366 g/mol. The molecule has 1 saturated carbocycles. The smallest absolute Gasteiger partial charge is 0.0611 e. The minimum atomic E-state index is -0.367. The first kappa shape index (κ1) is 19.9. The lowest BCUT2D eigenvalue weighted by Crippen LogP contribution is -2.40. The van der Waals surface area contributed by atoms with Gasteiger partial charge in [-0.1, -0.05) is 18.2 Å². The lowest BCUT2D eigenvalue weighted by Gasteiger charge is -2.26. The number of aliphatic hydroxyl groups excluding tert-OH is 1.